The number of hydrogen-bond donors (Lipinski definition) is 3. The molecule has 1 aliphatic rings. The Morgan fingerprint density at radius 3 is 2.76 bits per heavy atom. The molecule has 1 aromatic carbocycles. The number of nitrogens with one attached hydrogen (secondary N) is 1. The highest BCUT2D eigenvalue weighted by Crippen LogP contribution is 2.37. The van der Waals surface area contributed by atoms with Crippen LogP contribution in [0.15, 0.2) is 24.4 Å². The lowest BCUT2D eigenvalue weighted by Gasteiger charge is -2.24. The fraction of sp³-hybridized carbons (Fsp3) is 0.381. The molecule has 3 heterocycles. The quantitative estimate of drug-likeness (QED) is 0.472. The molecule has 13 heteroatoms. The highest BCUT2D eigenvalue weighted by atomic mass is 32.1. The van der Waals surface area contributed by atoms with E-state index in [2.05, 4.69) is 20.3 Å². The zero-order chi connectivity index (χ0) is 24.6. The van der Waals surface area contributed by atoms with Crippen LogP contribution in [0, 0.1) is 5.82 Å². The summed E-state index contributed by atoms with van der Waals surface area (Å²) in [5, 5.41) is 6.79. The molecule has 4 rings (SSSR count). The number of thiazole rings is 1. The van der Waals surface area contributed by atoms with E-state index in [1.165, 1.54) is 6.20 Å². The molecular weight excluding hydrogens is 474 g/mol. The molecule has 34 heavy (non-hydrogen) atoms. The van der Waals surface area contributed by atoms with Gasteiger partial charge in [-0.2, -0.15) is 18.3 Å². The molecule has 1 unspecified atom stereocenters. The average molecular weight is 498 g/mol. The summed E-state index contributed by atoms with van der Waals surface area (Å²) in [7, 11) is 1.75. The number of hydrogen-bond acceptors (Lipinski definition) is 7. The van der Waals surface area contributed by atoms with Gasteiger partial charge >= 0.3 is 6.18 Å². The summed E-state index contributed by atoms with van der Waals surface area (Å²) in [5.74, 6) is -0.879. The number of carbonyl (C=O) groups excluding carboxylic acids is 1. The molecule has 2 aromatic heterocycles. The summed E-state index contributed by atoms with van der Waals surface area (Å²) in [6.07, 6.45) is -0.568. The minimum Gasteiger partial charge on any atom is -0.389 e. The van der Waals surface area contributed by atoms with Crippen LogP contribution in [0.2, 0.25) is 0 Å². The molecule has 0 bridgehead atoms. The summed E-state index contributed by atoms with van der Waals surface area (Å²) >= 11 is 0.734. The molecule has 0 aliphatic carbocycles. The molecule has 0 saturated carbocycles. The van der Waals surface area contributed by atoms with Crippen LogP contribution in [0.25, 0.3) is 10.6 Å². The number of aryl methyl sites for hydroxylation is 1. The fourth-order valence-corrected chi connectivity index (χ4v) is 4.73. The zero-order valence-corrected chi connectivity index (χ0v) is 19.0. The molecule has 3 aromatic rings. The lowest BCUT2D eigenvalue weighted by Crippen LogP contribution is -2.29. The number of rotatable bonds is 4. The third-order valence-corrected chi connectivity index (χ3v) is 6.54. The Bertz CT molecular complexity index is 1210. The van der Waals surface area contributed by atoms with Crippen molar-refractivity contribution in [1.29, 1.82) is 0 Å². The van der Waals surface area contributed by atoms with Crippen LogP contribution >= 0.6 is 11.3 Å². The smallest absolute Gasteiger partial charge is 0.389 e. The van der Waals surface area contributed by atoms with Crippen molar-refractivity contribution in [2.24, 2.45) is 12.8 Å². The average Bonchev–Trinajstić information content (AvgIpc) is 3.24. The molecular formula is C21H23F4N7OS. The molecule has 1 amide bonds. The van der Waals surface area contributed by atoms with Gasteiger partial charge in [-0.25, -0.2) is 9.37 Å². The second-order valence-electron chi connectivity index (χ2n) is 8.06. The first-order chi connectivity index (χ1) is 16.0. The Kier molecular flexibility index (Phi) is 6.49. The van der Waals surface area contributed by atoms with Gasteiger partial charge in [0.05, 0.1) is 11.8 Å². The number of carbonyl (C=O) groups is 1. The molecule has 1 atom stereocenters. The predicted octanol–water partition coefficient (Wildman–Crippen LogP) is 3.85. The number of alkyl halides is 3. The lowest BCUT2D eigenvalue weighted by molar-refractivity contribution is -0.137. The molecule has 182 valence electrons. The Morgan fingerprint density at radius 1 is 1.26 bits per heavy atom. The van der Waals surface area contributed by atoms with Gasteiger partial charge in [-0.3, -0.25) is 9.48 Å². The van der Waals surface area contributed by atoms with Crippen molar-refractivity contribution in [3.8, 4) is 10.6 Å². The van der Waals surface area contributed by atoms with Gasteiger partial charge in [0, 0.05) is 31.7 Å². The van der Waals surface area contributed by atoms with Crippen LogP contribution in [0.1, 0.15) is 35.3 Å². The Hall–Kier alpha value is -3.19. The number of anilines is 3. The van der Waals surface area contributed by atoms with Gasteiger partial charge in [-0.1, -0.05) is 11.3 Å². The van der Waals surface area contributed by atoms with E-state index < -0.39 is 23.5 Å². The van der Waals surface area contributed by atoms with E-state index in [-0.39, 0.29) is 27.3 Å². The molecule has 1 aliphatic heterocycles. The van der Waals surface area contributed by atoms with Crippen LogP contribution in [-0.4, -0.2) is 39.8 Å². The van der Waals surface area contributed by atoms with E-state index in [1.807, 2.05) is 0 Å². The topological polar surface area (TPSA) is 115 Å². The van der Waals surface area contributed by atoms with Crippen molar-refractivity contribution < 1.29 is 22.4 Å². The first-order valence-corrected chi connectivity index (χ1v) is 11.3. The van der Waals surface area contributed by atoms with Gasteiger partial charge < -0.3 is 21.7 Å². The van der Waals surface area contributed by atoms with Gasteiger partial charge in [-0.05, 0) is 37.5 Å². The number of amides is 1. The second-order valence-corrected chi connectivity index (χ2v) is 9.09. The van der Waals surface area contributed by atoms with Gasteiger partial charge in [0.1, 0.15) is 21.5 Å². The molecule has 5 N–H and O–H groups in total. The molecule has 1 fully saturated rings. The molecule has 0 spiro atoms. The minimum absolute atomic E-state index is 0.0458. The number of benzene rings is 1. The van der Waals surface area contributed by atoms with E-state index in [9.17, 15) is 22.4 Å². The summed E-state index contributed by atoms with van der Waals surface area (Å²) in [6, 6.07) is 2.12. The van der Waals surface area contributed by atoms with E-state index >= 15 is 0 Å². The Morgan fingerprint density at radius 2 is 2.03 bits per heavy atom. The summed E-state index contributed by atoms with van der Waals surface area (Å²) in [5.41, 5.74) is 10.8. The Labute approximate surface area is 196 Å². The maximum atomic E-state index is 14.3. The zero-order valence-electron chi connectivity index (χ0n) is 18.2. The third-order valence-electron chi connectivity index (χ3n) is 5.62. The van der Waals surface area contributed by atoms with Crippen molar-refractivity contribution >= 4 is 33.8 Å². The fourth-order valence-electron chi connectivity index (χ4n) is 3.89. The summed E-state index contributed by atoms with van der Waals surface area (Å²) in [6.45, 7) is 1.44. The van der Waals surface area contributed by atoms with E-state index in [1.54, 1.807) is 11.7 Å². The summed E-state index contributed by atoms with van der Waals surface area (Å²) < 4.78 is 55.1. The maximum absolute atomic E-state index is 14.3. The second kappa shape index (κ2) is 9.22. The highest BCUT2D eigenvalue weighted by Gasteiger charge is 2.32. The van der Waals surface area contributed by atoms with Crippen molar-refractivity contribution in [3.63, 3.8) is 0 Å². The maximum Gasteiger partial charge on any atom is 0.416 e. The van der Waals surface area contributed by atoms with Crippen molar-refractivity contribution in [1.82, 2.24) is 14.8 Å². The third kappa shape index (κ3) is 4.85. The van der Waals surface area contributed by atoms with Gasteiger partial charge in [0.25, 0.3) is 5.91 Å². The molecule has 8 nitrogen and oxygen atoms in total. The van der Waals surface area contributed by atoms with Crippen LogP contribution in [0.4, 0.5) is 34.1 Å². The summed E-state index contributed by atoms with van der Waals surface area (Å²) in [4.78, 5) is 19.1. The van der Waals surface area contributed by atoms with Crippen molar-refractivity contribution in [3.05, 3.63) is 41.5 Å². The largest absolute Gasteiger partial charge is 0.416 e. The van der Waals surface area contributed by atoms with Gasteiger partial charge in [0.15, 0.2) is 11.5 Å². The van der Waals surface area contributed by atoms with Crippen LogP contribution in [0.5, 0.6) is 0 Å². The standard InChI is InChI=1S/C21H23F4N7OS/c1-31-20(32-7-2-3-12(26)6-8-32)15(10-28-31)29-18(33)16-17(27)34-19(30-16)13-9-11(21(23,24)25)4-5-14(13)22/h4-5,9-10,12H,2-3,6-8,26-27H2,1H3,(H,29,33). The van der Waals surface area contributed by atoms with Crippen molar-refractivity contribution in [2.75, 3.05) is 29.0 Å². The van der Waals surface area contributed by atoms with Gasteiger partial charge in [-0.15, -0.1) is 0 Å². The van der Waals surface area contributed by atoms with E-state index in [0.29, 0.717) is 36.2 Å². The lowest BCUT2D eigenvalue weighted by atomic mass is 10.1. The van der Waals surface area contributed by atoms with E-state index in [4.69, 9.17) is 11.5 Å². The number of aromatic nitrogens is 3. The van der Waals surface area contributed by atoms with Crippen LogP contribution in [0.3, 0.4) is 0 Å². The van der Waals surface area contributed by atoms with Gasteiger partial charge in [0.2, 0.25) is 0 Å². The van der Waals surface area contributed by atoms with E-state index in [0.717, 1.165) is 37.1 Å². The number of nitrogens with two attached hydrogens (primary N) is 2. The highest BCUT2D eigenvalue weighted by molar-refractivity contribution is 7.19. The number of halogens is 4. The Balaban J connectivity index is 1.60. The first-order valence-electron chi connectivity index (χ1n) is 10.5. The predicted molar refractivity (Wildman–Crippen MR) is 122 cm³/mol. The SMILES string of the molecule is Cn1ncc(NC(=O)c2nc(-c3cc(C(F)(F)F)ccc3F)sc2N)c1N1CCCC(N)CC1. The van der Waals surface area contributed by atoms with Crippen LogP contribution in [-0.2, 0) is 13.2 Å². The normalized spacial score (nSPS) is 17.0. The molecule has 1 saturated heterocycles. The minimum atomic E-state index is -4.65. The first kappa shape index (κ1) is 24.0. The number of nitrogen functional groups attached to an aromatic ring is 1. The monoisotopic (exact) mass is 497 g/mol. The van der Waals surface area contributed by atoms with Crippen LogP contribution < -0.4 is 21.7 Å². The van der Waals surface area contributed by atoms with Crippen molar-refractivity contribution in [2.45, 2.75) is 31.5 Å². The molecule has 0 radical (unpaired) electrons. The number of nitrogens with zero attached hydrogens (tertiary/aromatic N) is 4.